The van der Waals surface area contributed by atoms with E-state index in [1.807, 2.05) is 32.3 Å². The highest BCUT2D eigenvalue weighted by molar-refractivity contribution is 7.22. The van der Waals surface area contributed by atoms with Crippen molar-refractivity contribution < 1.29 is 14.5 Å². The number of amides is 1. The van der Waals surface area contributed by atoms with Gasteiger partial charge in [0.25, 0.3) is 11.6 Å². The number of nitro benzene ring substituents is 1. The standard InChI is InChI=1S/C22H24N4O4S.ClH/c1-24(2)12-5-13-25(22-23-19-15-18(30-3)9-10-20(19)31-22)21(27)11-8-16-6-4-7-17(14-16)26(28)29;/h4,6-11,14-15H,5,12-13H2,1-3H3;1H. The number of thiazole rings is 1. The lowest BCUT2D eigenvalue weighted by atomic mass is 10.2. The van der Waals surface area contributed by atoms with Gasteiger partial charge in [-0.2, -0.15) is 0 Å². The molecule has 2 aromatic carbocycles. The Balaban J connectivity index is 0.00000363. The van der Waals surface area contributed by atoms with Crippen LogP contribution in [0.4, 0.5) is 10.8 Å². The maximum absolute atomic E-state index is 13.0. The number of aromatic nitrogens is 1. The van der Waals surface area contributed by atoms with Gasteiger partial charge in [-0.25, -0.2) is 4.98 Å². The number of carbonyl (C=O) groups excluding carboxylic acids is 1. The Hall–Kier alpha value is -3.01. The van der Waals surface area contributed by atoms with E-state index in [0.717, 1.165) is 23.2 Å². The second-order valence-electron chi connectivity index (χ2n) is 7.16. The van der Waals surface area contributed by atoms with Crippen molar-refractivity contribution in [1.29, 1.82) is 0 Å². The van der Waals surface area contributed by atoms with Gasteiger partial charge in [0.1, 0.15) is 5.75 Å². The molecule has 0 saturated carbocycles. The van der Waals surface area contributed by atoms with E-state index in [4.69, 9.17) is 4.74 Å². The van der Waals surface area contributed by atoms with Gasteiger partial charge in [-0.3, -0.25) is 19.8 Å². The third-order valence-electron chi connectivity index (χ3n) is 4.57. The SMILES string of the molecule is COc1ccc2sc(N(CCCN(C)C)C(=O)C=Cc3cccc([N+](=O)[O-])c3)nc2c1.Cl. The molecule has 10 heteroatoms. The van der Waals surface area contributed by atoms with Crippen molar-refractivity contribution in [3.63, 3.8) is 0 Å². The fraction of sp³-hybridized carbons (Fsp3) is 0.273. The summed E-state index contributed by atoms with van der Waals surface area (Å²) in [5.41, 5.74) is 1.34. The largest absolute Gasteiger partial charge is 0.497 e. The van der Waals surface area contributed by atoms with Crippen LogP contribution in [0.1, 0.15) is 12.0 Å². The summed E-state index contributed by atoms with van der Waals surface area (Å²) < 4.78 is 6.23. The third-order valence-corrected chi connectivity index (χ3v) is 5.63. The Morgan fingerprint density at radius 2 is 2.00 bits per heavy atom. The van der Waals surface area contributed by atoms with Gasteiger partial charge < -0.3 is 9.64 Å². The molecule has 1 heterocycles. The van der Waals surface area contributed by atoms with E-state index in [2.05, 4.69) is 9.88 Å². The fourth-order valence-electron chi connectivity index (χ4n) is 2.98. The molecule has 3 aromatic rings. The first-order valence-electron chi connectivity index (χ1n) is 9.70. The molecule has 8 nitrogen and oxygen atoms in total. The second kappa shape index (κ2) is 11.6. The minimum atomic E-state index is -0.456. The number of benzene rings is 2. The molecule has 0 unspecified atom stereocenters. The van der Waals surface area contributed by atoms with Gasteiger partial charge in [-0.15, -0.1) is 12.4 Å². The summed E-state index contributed by atoms with van der Waals surface area (Å²) in [7, 11) is 5.57. The molecule has 1 amide bonds. The van der Waals surface area contributed by atoms with Crippen molar-refractivity contribution in [2.45, 2.75) is 6.42 Å². The number of nitro groups is 1. The molecule has 3 rings (SSSR count). The number of methoxy groups -OCH3 is 1. The van der Waals surface area contributed by atoms with Crippen LogP contribution in [-0.2, 0) is 4.79 Å². The first kappa shape index (κ1) is 25.3. The predicted molar refractivity (Wildman–Crippen MR) is 131 cm³/mol. The van der Waals surface area contributed by atoms with Crippen LogP contribution in [0.15, 0.2) is 48.5 Å². The molecular formula is C22H25ClN4O4S. The van der Waals surface area contributed by atoms with Gasteiger partial charge in [-0.05, 0) is 50.8 Å². The van der Waals surface area contributed by atoms with Gasteiger partial charge in [0.2, 0.25) is 0 Å². The molecule has 0 aliphatic heterocycles. The fourth-order valence-corrected chi connectivity index (χ4v) is 3.96. The van der Waals surface area contributed by atoms with Crippen molar-refractivity contribution >= 4 is 56.8 Å². The van der Waals surface area contributed by atoms with E-state index in [1.54, 1.807) is 30.2 Å². The molecule has 0 fully saturated rings. The summed E-state index contributed by atoms with van der Waals surface area (Å²) in [5.74, 6) is 0.483. The van der Waals surface area contributed by atoms with Crippen molar-refractivity contribution in [3.8, 4) is 5.75 Å². The molecule has 0 aliphatic carbocycles. The van der Waals surface area contributed by atoms with E-state index in [-0.39, 0.29) is 24.0 Å². The molecule has 170 valence electrons. The van der Waals surface area contributed by atoms with Crippen LogP contribution in [0.3, 0.4) is 0 Å². The minimum Gasteiger partial charge on any atom is -0.497 e. The smallest absolute Gasteiger partial charge is 0.270 e. The lowest BCUT2D eigenvalue weighted by molar-refractivity contribution is -0.384. The zero-order chi connectivity index (χ0) is 22.4. The Bertz CT molecular complexity index is 1120. The van der Waals surface area contributed by atoms with Crippen molar-refractivity contribution in [1.82, 2.24) is 9.88 Å². The summed E-state index contributed by atoms with van der Waals surface area (Å²) >= 11 is 1.44. The highest BCUT2D eigenvalue weighted by Gasteiger charge is 2.18. The number of rotatable bonds is 9. The monoisotopic (exact) mass is 476 g/mol. The number of nitrogens with zero attached hydrogens (tertiary/aromatic N) is 4. The van der Waals surface area contributed by atoms with Crippen LogP contribution in [0, 0.1) is 10.1 Å². The topological polar surface area (TPSA) is 88.8 Å². The highest BCUT2D eigenvalue weighted by Crippen LogP contribution is 2.31. The molecule has 0 N–H and O–H groups in total. The molecule has 0 radical (unpaired) electrons. The Kier molecular flexibility index (Phi) is 9.13. The minimum absolute atomic E-state index is 0. The van der Waals surface area contributed by atoms with Crippen molar-refractivity contribution in [3.05, 3.63) is 64.2 Å². The number of hydrogen-bond donors (Lipinski definition) is 0. The van der Waals surface area contributed by atoms with Crippen LogP contribution >= 0.6 is 23.7 Å². The van der Waals surface area contributed by atoms with Crippen LogP contribution in [-0.4, -0.2) is 55.0 Å². The maximum atomic E-state index is 13.0. The molecule has 0 aliphatic rings. The third kappa shape index (κ3) is 6.49. The zero-order valence-electron chi connectivity index (χ0n) is 18.1. The number of hydrogen-bond acceptors (Lipinski definition) is 7. The summed E-state index contributed by atoms with van der Waals surface area (Å²) in [6.07, 6.45) is 3.80. The van der Waals surface area contributed by atoms with Gasteiger partial charge in [-0.1, -0.05) is 23.5 Å². The number of ether oxygens (including phenoxy) is 1. The molecule has 0 bridgehead atoms. The van der Waals surface area contributed by atoms with Gasteiger partial charge >= 0.3 is 0 Å². The lowest BCUT2D eigenvalue weighted by Crippen LogP contribution is -2.32. The Morgan fingerprint density at radius 3 is 2.69 bits per heavy atom. The Morgan fingerprint density at radius 1 is 1.22 bits per heavy atom. The molecule has 1 aromatic heterocycles. The average Bonchev–Trinajstić information content (AvgIpc) is 3.17. The Labute approximate surface area is 196 Å². The number of carbonyl (C=O) groups is 1. The molecule has 0 saturated heterocycles. The lowest BCUT2D eigenvalue weighted by Gasteiger charge is -2.19. The number of fused-ring (bicyclic) bond motifs is 1. The normalized spacial score (nSPS) is 11.0. The predicted octanol–water partition coefficient (Wildman–Crippen LogP) is 4.63. The average molecular weight is 477 g/mol. The summed E-state index contributed by atoms with van der Waals surface area (Å²) in [6.45, 7) is 1.34. The first-order valence-corrected chi connectivity index (χ1v) is 10.5. The molecular weight excluding hydrogens is 452 g/mol. The zero-order valence-corrected chi connectivity index (χ0v) is 19.7. The van der Waals surface area contributed by atoms with Gasteiger partial charge in [0.15, 0.2) is 5.13 Å². The van der Waals surface area contributed by atoms with E-state index >= 15 is 0 Å². The van der Waals surface area contributed by atoms with E-state index in [0.29, 0.717) is 23.0 Å². The van der Waals surface area contributed by atoms with Crippen LogP contribution in [0.2, 0.25) is 0 Å². The van der Waals surface area contributed by atoms with Crippen LogP contribution in [0.25, 0.3) is 16.3 Å². The number of anilines is 1. The molecule has 0 atom stereocenters. The van der Waals surface area contributed by atoms with Crippen LogP contribution in [0.5, 0.6) is 5.75 Å². The first-order chi connectivity index (χ1) is 14.9. The second-order valence-corrected chi connectivity index (χ2v) is 8.17. The maximum Gasteiger partial charge on any atom is 0.270 e. The highest BCUT2D eigenvalue weighted by atomic mass is 35.5. The summed E-state index contributed by atoms with van der Waals surface area (Å²) in [6, 6.07) is 11.8. The van der Waals surface area contributed by atoms with Gasteiger partial charge in [0.05, 0.1) is 22.2 Å². The van der Waals surface area contributed by atoms with E-state index in [1.165, 1.54) is 29.5 Å². The molecule has 32 heavy (non-hydrogen) atoms. The van der Waals surface area contributed by atoms with Crippen molar-refractivity contribution in [2.24, 2.45) is 0 Å². The van der Waals surface area contributed by atoms with Crippen LogP contribution < -0.4 is 9.64 Å². The quantitative estimate of drug-likeness (QED) is 0.254. The van der Waals surface area contributed by atoms with E-state index < -0.39 is 4.92 Å². The van der Waals surface area contributed by atoms with E-state index in [9.17, 15) is 14.9 Å². The number of non-ortho nitro benzene ring substituents is 1. The summed E-state index contributed by atoms with van der Waals surface area (Å²) in [5, 5.41) is 11.6. The number of halogens is 1. The van der Waals surface area contributed by atoms with Gasteiger partial charge in [0, 0.05) is 30.8 Å². The summed E-state index contributed by atoms with van der Waals surface area (Å²) in [4.78, 5) is 31.9. The van der Waals surface area contributed by atoms with Crippen molar-refractivity contribution in [2.75, 3.05) is 39.2 Å². The molecule has 0 spiro atoms.